The van der Waals surface area contributed by atoms with Gasteiger partial charge in [0.1, 0.15) is 6.34 Å². The van der Waals surface area contributed by atoms with Crippen LogP contribution in [-0.4, -0.2) is 53.3 Å². The third kappa shape index (κ3) is 5.19. The van der Waals surface area contributed by atoms with Gasteiger partial charge in [0, 0.05) is 40.1 Å². The first-order chi connectivity index (χ1) is 18.2. The summed E-state index contributed by atoms with van der Waals surface area (Å²) in [7, 11) is 0. The van der Waals surface area contributed by atoms with Crippen LogP contribution in [0.15, 0.2) is 57.2 Å². The van der Waals surface area contributed by atoms with Crippen molar-refractivity contribution in [1.82, 2.24) is 9.88 Å². The fourth-order valence-corrected chi connectivity index (χ4v) is 6.34. The quantitative estimate of drug-likeness (QED) is 0.376. The van der Waals surface area contributed by atoms with Crippen molar-refractivity contribution in [2.45, 2.75) is 78.2 Å². The van der Waals surface area contributed by atoms with E-state index in [0.29, 0.717) is 17.5 Å². The number of nitrogens with zero attached hydrogens (tertiary/aromatic N) is 3. The number of benzene rings is 1. The first-order valence-corrected chi connectivity index (χ1v) is 14.1. The highest BCUT2D eigenvalue weighted by molar-refractivity contribution is 6.11. The molecular weight excluding hydrogens is 468 g/mol. The lowest BCUT2D eigenvalue weighted by Gasteiger charge is -2.33. The second-order valence-electron chi connectivity index (χ2n) is 11.6. The standard InChI is InChI=1S/C32H42N6/c1-19(2)30-26-16-24(23-11-13-38(14-12-23)17-27(21(4)33)22(5)34)9-10-28(26)37-32(30)25-7-6-8-29-31(20(3)15-25)36-18-35-29/h7,9-10,15-16,18-19,23,29,33,37H,6,8,11-14,17,34H2,1-5H3/b20-15-,25-7+,27-22-,33-21?. The summed E-state index contributed by atoms with van der Waals surface area (Å²) >= 11 is 0. The van der Waals surface area contributed by atoms with Crippen molar-refractivity contribution in [2.75, 3.05) is 19.6 Å². The Balaban J connectivity index is 1.40. The number of nitrogens with two attached hydrogens (primary N) is 1. The zero-order valence-electron chi connectivity index (χ0n) is 23.6. The molecule has 0 bridgehead atoms. The van der Waals surface area contributed by atoms with Crippen LogP contribution in [0.3, 0.4) is 0 Å². The molecule has 4 N–H and O–H groups in total. The average Bonchev–Trinajstić information content (AvgIpc) is 3.49. The molecule has 1 unspecified atom stereocenters. The van der Waals surface area contributed by atoms with Crippen LogP contribution < -0.4 is 5.73 Å². The minimum Gasteiger partial charge on any atom is -0.402 e. The SMILES string of the molecule is CC(=N)/C(CN1CCC(c2ccc3[nH]c(C4=C/CCC5N=CN=C5/C(C)=C\4)c(C(C)C)c3c2)CC1)=C(/C)N. The van der Waals surface area contributed by atoms with Crippen molar-refractivity contribution in [3.05, 3.63) is 64.0 Å². The smallest absolute Gasteiger partial charge is 0.111 e. The van der Waals surface area contributed by atoms with E-state index >= 15 is 0 Å². The molecule has 0 radical (unpaired) electrons. The van der Waals surface area contributed by atoms with Gasteiger partial charge in [-0.3, -0.25) is 9.89 Å². The Hall–Kier alpha value is -3.25. The molecule has 6 heteroatoms. The lowest BCUT2D eigenvalue weighted by Crippen LogP contribution is -2.36. The van der Waals surface area contributed by atoms with Crippen molar-refractivity contribution >= 4 is 34.2 Å². The molecule has 1 atom stereocenters. The Morgan fingerprint density at radius 1 is 1.18 bits per heavy atom. The first kappa shape index (κ1) is 26.4. The minimum atomic E-state index is 0.210. The summed E-state index contributed by atoms with van der Waals surface area (Å²) in [5.74, 6) is 0.964. The molecule has 0 saturated carbocycles. The van der Waals surface area contributed by atoms with Gasteiger partial charge in [-0.1, -0.05) is 26.0 Å². The molecular formula is C32H42N6. The fraction of sp³-hybridized carbons (Fsp3) is 0.469. The summed E-state index contributed by atoms with van der Waals surface area (Å²) < 4.78 is 0. The largest absolute Gasteiger partial charge is 0.402 e. The number of aromatic amines is 1. The molecule has 0 spiro atoms. The first-order valence-electron chi connectivity index (χ1n) is 14.1. The third-order valence-corrected chi connectivity index (χ3v) is 8.44. The van der Waals surface area contributed by atoms with Crippen molar-refractivity contribution in [3.8, 4) is 0 Å². The molecule has 6 nitrogen and oxygen atoms in total. The van der Waals surface area contributed by atoms with Crippen LogP contribution in [-0.2, 0) is 0 Å². The van der Waals surface area contributed by atoms with Gasteiger partial charge >= 0.3 is 0 Å². The van der Waals surface area contributed by atoms with E-state index < -0.39 is 0 Å². The number of nitrogens with one attached hydrogen (secondary N) is 2. The normalized spacial score (nSPS) is 24.3. The van der Waals surface area contributed by atoms with Gasteiger partial charge in [-0.05, 0) is 112 Å². The molecule has 38 heavy (non-hydrogen) atoms. The van der Waals surface area contributed by atoms with Crippen molar-refractivity contribution in [1.29, 1.82) is 5.41 Å². The lowest BCUT2D eigenvalue weighted by atomic mass is 9.87. The van der Waals surface area contributed by atoms with Crippen LogP contribution in [0.25, 0.3) is 16.5 Å². The summed E-state index contributed by atoms with van der Waals surface area (Å²) in [4.78, 5) is 15.4. The third-order valence-electron chi connectivity index (χ3n) is 8.44. The molecule has 3 heterocycles. The van der Waals surface area contributed by atoms with Gasteiger partial charge in [0.05, 0.1) is 11.8 Å². The number of H-pyrrole nitrogens is 1. The molecule has 1 aliphatic carbocycles. The maximum Gasteiger partial charge on any atom is 0.111 e. The number of aliphatic imine (C=N–C) groups is 2. The van der Waals surface area contributed by atoms with E-state index in [4.69, 9.17) is 11.1 Å². The van der Waals surface area contributed by atoms with E-state index in [1.54, 1.807) is 6.34 Å². The van der Waals surface area contributed by atoms with Crippen LogP contribution in [0, 0.1) is 5.41 Å². The number of hydrogen-bond donors (Lipinski definition) is 3. The predicted octanol–water partition coefficient (Wildman–Crippen LogP) is 6.72. The number of rotatable bonds is 6. The molecule has 2 aromatic rings. The van der Waals surface area contributed by atoms with Gasteiger partial charge in [-0.2, -0.15) is 0 Å². The Morgan fingerprint density at radius 2 is 1.95 bits per heavy atom. The Kier molecular flexibility index (Phi) is 7.53. The van der Waals surface area contributed by atoms with Crippen LogP contribution in [0.4, 0.5) is 0 Å². The topological polar surface area (TPSA) is 93.6 Å². The monoisotopic (exact) mass is 510 g/mol. The molecule has 1 aromatic carbocycles. The molecule has 3 aliphatic rings. The van der Waals surface area contributed by atoms with E-state index in [2.05, 4.69) is 71.0 Å². The lowest BCUT2D eigenvalue weighted by molar-refractivity contribution is 0.230. The minimum absolute atomic E-state index is 0.210. The molecule has 5 rings (SSSR count). The summed E-state index contributed by atoms with van der Waals surface area (Å²) in [6, 6.07) is 7.27. The molecule has 0 amide bonds. The van der Waals surface area contributed by atoms with Gasteiger partial charge in [-0.15, -0.1) is 0 Å². The Bertz CT molecular complexity index is 1380. The van der Waals surface area contributed by atoms with Crippen LogP contribution in [0.1, 0.15) is 89.0 Å². The van der Waals surface area contributed by atoms with Crippen molar-refractivity contribution in [2.24, 2.45) is 15.7 Å². The number of fused-ring (bicyclic) bond motifs is 2. The highest BCUT2D eigenvalue weighted by atomic mass is 15.1. The summed E-state index contributed by atoms with van der Waals surface area (Å²) in [6.07, 6.45) is 10.7. The zero-order chi connectivity index (χ0) is 27.0. The molecule has 1 fully saturated rings. The zero-order valence-corrected chi connectivity index (χ0v) is 23.6. The highest BCUT2D eigenvalue weighted by Gasteiger charge is 2.25. The predicted molar refractivity (Wildman–Crippen MR) is 162 cm³/mol. The second kappa shape index (κ2) is 10.9. The number of likely N-dealkylation sites (tertiary alicyclic amines) is 1. The van der Waals surface area contributed by atoms with Crippen molar-refractivity contribution < 1.29 is 0 Å². The van der Waals surface area contributed by atoms with E-state index in [-0.39, 0.29) is 6.04 Å². The van der Waals surface area contributed by atoms with E-state index in [9.17, 15) is 0 Å². The number of piperidine rings is 1. The van der Waals surface area contributed by atoms with Crippen LogP contribution in [0.5, 0.6) is 0 Å². The summed E-state index contributed by atoms with van der Waals surface area (Å²) in [6.45, 7) is 13.4. The maximum atomic E-state index is 8.06. The average molecular weight is 511 g/mol. The molecule has 200 valence electrons. The fourth-order valence-electron chi connectivity index (χ4n) is 6.34. The highest BCUT2D eigenvalue weighted by Crippen LogP contribution is 2.38. The van der Waals surface area contributed by atoms with Gasteiger partial charge in [-0.25, -0.2) is 4.99 Å². The maximum absolute atomic E-state index is 8.06. The number of aromatic nitrogens is 1. The molecule has 1 saturated heterocycles. The van der Waals surface area contributed by atoms with E-state index in [1.807, 2.05) is 13.8 Å². The Labute approximate surface area is 227 Å². The molecule has 2 aliphatic heterocycles. The molecule has 1 aromatic heterocycles. The van der Waals surface area contributed by atoms with Crippen molar-refractivity contribution in [3.63, 3.8) is 0 Å². The van der Waals surface area contributed by atoms with Crippen LogP contribution in [0.2, 0.25) is 0 Å². The van der Waals surface area contributed by atoms with E-state index in [1.165, 1.54) is 38.9 Å². The van der Waals surface area contributed by atoms with Gasteiger partial charge in [0.2, 0.25) is 0 Å². The summed E-state index contributed by atoms with van der Waals surface area (Å²) in [5, 5.41) is 9.41. The van der Waals surface area contributed by atoms with Gasteiger partial charge in [0.25, 0.3) is 0 Å². The number of allylic oxidation sites excluding steroid dienone is 4. The van der Waals surface area contributed by atoms with Crippen LogP contribution >= 0.6 is 0 Å². The summed E-state index contributed by atoms with van der Waals surface area (Å²) in [5.41, 5.74) is 17.3. The number of hydrogen-bond acceptors (Lipinski definition) is 5. The Morgan fingerprint density at radius 3 is 2.63 bits per heavy atom. The van der Waals surface area contributed by atoms with Gasteiger partial charge < -0.3 is 16.1 Å². The second-order valence-corrected chi connectivity index (χ2v) is 11.6. The van der Waals surface area contributed by atoms with E-state index in [0.717, 1.165) is 62.3 Å². The van der Waals surface area contributed by atoms with Gasteiger partial charge in [0.15, 0.2) is 0 Å².